The van der Waals surface area contributed by atoms with E-state index in [4.69, 9.17) is 28.3 Å². The normalized spacial score (nSPS) is 24.4. The molecule has 1 N–H and O–H groups in total. The van der Waals surface area contributed by atoms with E-state index in [0.29, 0.717) is 23.1 Å². The van der Waals surface area contributed by atoms with Crippen LogP contribution in [0.1, 0.15) is 12.5 Å². The molecule has 0 aliphatic carbocycles. The average molecular weight is 288 g/mol. The van der Waals surface area contributed by atoms with E-state index >= 15 is 0 Å². The maximum atomic E-state index is 11.0. The molecule has 3 nitrogen and oxygen atoms in total. The minimum absolute atomic E-state index is 0.185. The number of carboxylic acid groups (broad SMARTS) is 1. The van der Waals surface area contributed by atoms with Gasteiger partial charge in [0.15, 0.2) is 0 Å². The number of nitrogens with zero attached hydrogens (tertiary/aromatic N) is 1. The maximum absolute atomic E-state index is 11.0. The summed E-state index contributed by atoms with van der Waals surface area (Å²) in [4.78, 5) is 13.2. The summed E-state index contributed by atoms with van der Waals surface area (Å²) in [5, 5.41) is 10.2. The van der Waals surface area contributed by atoms with Gasteiger partial charge in [-0.05, 0) is 23.6 Å². The molecule has 98 valence electrons. The molecule has 0 radical (unpaired) electrons. The number of benzene rings is 1. The van der Waals surface area contributed by atoms with Crippen molar-refractivity contribution in [3.8, 4) is 0 Å². The van der Waals surface area contributed by atoms with E-state index in [2.05, 4.69) is 4.90 Å². The third-order valence-electron chi connectivity index (χ3n) is 3.40. The Kier molecular flexibility index (Phi) is 4.15. The van der Waals surface area contributed by atoms with E-state index in [1.165, 1.54) is 0 Å². The van der Waals surface area contributed by atoms with Crippen molar-refractivity contribution >= 4 is 29.2 Å². The second-order valence-corrected chi connectivity index (χ2v) is 5.68. The number of hydrogen-bond acceptors (Lipinski definition) is 2. The van der Waals surface area contributed by atoms with E-state index in [9.17, 15) is 4.79 Å². The highest BCUT2D eigenvalue weighted by atomic mass is 35.5. The number of carbonyl (C=O) groups is 1. The highest BCUT2D eigenvalue weighted by Gasteiger charge is 2.34. The third-order valence-corrected chi connectivity index (χ3v) is 4.13. The fraction of sp³-hybridized carbons (Fsp3) is 0.462. The molecule has 0 bridgehead atoms. The summed E-state index contributed by atoms with van der Waals surface area (Å²) >= 11 is 11.8. The first-order valence-corrected chi connectivity index (χ1v) is 6.62. The zero-order valence-electron chi connectivity index (χ0n) is 10.1. The van der Waals surface area contributed by atoms with Crippen molar-refractivity contribution in [2.45, 2.75) is 13.5 Å². The lowest BCUT2D eigenvalue weighted by Crippen LogP contribution is -2.23. The Bertz CT molecular complexity index is 464. The van der Waals surface area contributed by atoms with Gasteiger partial charge in [-0.25, -0.2) is 0 Å². The Labute approximate surface area is 116 Å². The SMILES string of the molecule is CC1CN(Cc2ccc(Cl)c(Cl)c2)CC1C(=O)O. The maximum Gasteiger partial charge on any atom is 0.308 e. The van der Waals surface area contributed by atoms with Gasteiger partial charge in [0.1, 0.15) is 0 Å². The standard InChI is InChI=1S/C13H15Cl2NO2/c1-8-5-16(7-10(8)13(17)18)6-9-2-3-11(14)12(15)4-9/h2-4,8,10H,5-7H2,1H3,(H,17,18). The van der Waals surface area contributed by atoms with E-state index in [0.717, 1.165) is 12.1 Å². The number of aliphatic carboxylic acids is 1. The van der Waals surface area contributed by atoms with Gasteiger partial charge in [-0.1, -0.05) is 36.2 Å². The summed E-state index contributed by atoms with van der Waals surface area (Å²) in [6.45, 7) is 4.09. The van der Waals surface area contributed by atoms with Crippen LogP contribution < -0.4 is 0 Å². The third kappa shape index (κ3) is 2.97. The van der Waals surface area contributed by atoms with Gasteiger partial charge in [-0.15, -0.1) is 0 Å². The first-order chi connectivity index (χ1) is 8.47. The summed E-state index contributed by atoms with van der Waals surface area (Å²) in [6, 6.07) is 5.53. The number of rotatable bonds is 3. The van der Waals surface area contributed by atoms with Crippen LogP contribution in [-0.4, -0.2) is 29.1 Å². The van der Waals surface area contributed by atoms with Gasteiger partial charge in [0.2, 0.25) is 0 Å². The molecule has 18 heavy (non-hydrogen) atoms. The lowest BCUT2D eigenvalue weighted by molar-refractivity contribution is -0.142. The second-order valence-electron chi connectivity index (χ2n) is 4.86. The quantitative estimate of drug-likeness (QED) is 0.929. The lowest BCUT2D eigenvalue weighted by atomic mass is 9.99. The van der Waals surface area contributed by atoms with Crippen LogP contribution in [0.5, 0.6) is 0 Å². The molecule has 1 fully saturated rings. The first kappa shape index (κ1) is 13.7. The zero-order valence-corrected chi connectivity index (χ0v) is 11.6. The molecule has 1 aromatic rings. The van der Waals surface area contributed by atoms with Gasteiger partial charge in [0, 0.05) is 19.6 Å². The number of halogens is 2. The van der Waals surface area contributed by atoms with Crippen molar-refractivity contribution in [2.75, 3.05) is 13.1 Å². The van der Waals surface area contributed by atoms with Crippen molar-refractivity contribution in [2.24, 2.45) is 11.8 Å². The van der Waals surface area contributed by atoms with Crippen LogP contribution in [0.4, 0.5) is 0 Å². The fourth-order valence-corrected chi connectivity index (χ4v) is 2.73. The molecule has 0 saturated carbocycles. The van der Waals surface area contributed by atoms with Crippen LogP contribution >= 0.6 is 23.2 Å². The van der Waals surface area contributed by atoms with Crippen molar-refractivity contribution in [3.63, 3.8) is 0 Å². The van der Waals surface area contributed by atoms with Gasteiger partial charge in [0.25, 0.3) is 0 Å². The lowest BCUT2D eigenvalue weighted by Gasteiger charge is -2.15. The van der Waals surface area contributed by atoms with Crippen LogP contribution in [0.3, 0.4) is 0 Å². The second kappa shape index (κ2) is 5.47. The Hall–Kier alpha value is -0.770. The summed E-state index contributed by atoms with van der Waals surface area (Å²) < 4.78 is 0. The predicted molar refractivity (Wildman–Crippen MR) is 72.0 cm³/mol. The molecule has 1 aliphatic rings. The van der Waals surface area contributed by atoms with Crippen LogP contribution in [0.25, 0.3) is 0 Å². The summed E-state index contributed by atoms with van der Waals surface area (Å²) in [5.41, 5.74) is 1.06. The molecule has 0 aromatic heterocycles. The van der Waals surface area contributed by atoms with Crippen LogP contribution in [0.15, 0.2) is 18.2 Å². The highest BCUT2D eigenvalue weighted by molar-refractivity contribution is 6.42. The Balaban J connectivity index is 2.03. The molecule has 2 atom stereocenters. The fourth-order valence-electron chi connectivity index (χ4n) is 2.41. The Morgan fingerprint density at radius 3 is 2.67 bits per heavy atom. The van der Waals surface area contributed by atoms with Crippen molar-refractivity contribution in [1.82, 2.24) is 4.90 Å². The van der Waals surface area contributed by atoms with Crippen LogP contribution in [0.2, 0.25) is 10.0 Å². The first-order valence-electron chi connectivity index (χ1n) is 5.86. The van der Waals surface area contributed by atoms with E-state index in [-0.39, 0.29) is 11.8 Å². The van der Waals surface area contributed by atoms with Crippen molar-refractivity contribution < 1.29 is 9.90 Å². The van der Waals surface area contributed by atoms with Crippen LogP contribution in [0, 0.1) is 11.8 Å². The van der Waals surface area contributed by atoms with Crippen LogP contribution in [-0.2, 0) is 11.3 Å². The number of hydrogen-bond donors (Lipinski definition) is 1. The summed E-state index contributed by atoms with van der Waals surface area (Å²) in [6.07, 6.45) is 0. The van der Waals surface area contributed by atoms with Crippen molar-refractivity contribution in [1.29, 1.82) is 0 Å². The van der Waals surface area contributed by atoms with E-state index in [1.54, 1.807) is 6.07 Å². The highest BCUT2D eigenvalue weighted by Crippen LogP contribution is 2.27. The molecule has 1 aliphatic heterocycles. The Morgan fingerprint density at radius 2 is 2.11 bits per heavy atom. The average Bonchev–Trinajstić information content (AvgIpc) is 2.65. The molecule has 1 heterocycles. The molecular formula is C13H15Cl2NO2. The smallest absolute Gasteiger partial charge is 0.308 e. The predicted octanol–water partition coefficient (Wildman–Crippen LogP) is 3.15. The minimum Gasteiger partial charge on any atom is -0.481 e. The molecule has 0 spiro atoms. The molecule has 1 aromatic carbocycles. The van der Waals surface area contributed by atoms with Crippen molar-refractivity contribution in [3.05, 3.63) is 33.8 Å². The molecule has 2 unspecified atom stereocenters. The van der Waals surface area contributed by atoms with Gasteiger partial charge in [-0.2, -0.15) is 0 Å². The Morgan fingerprint density at radius 1 is 1.39 bits per heavy atom. The monoisotopic (exact) mass is 287 g/mol. The summed E-state index contributed by atoms with van der Waals surface area (Å²) in [7, 11) is 0. The van der Waals surface area contributed by atoms with E-state index in [1.807, 2.05) is 19.1 Å². The zero-order chi connectivity index (χ0) is 13.3. The summed E-state index contributed by atoms with van der Waals surface area (Å²) in [5.74, 6) is -0.794. The number of likely N-dealkylation sites (tertiary alicyclic amines) is 1. The van der Waals surface area contributed by atoms with Gasteiger partial charge in [-0.3, -0.25) is 9.69 Å². The topological polar surface area (TPSA) is 40.5 Å². The van der Waals surface area contributed by atoms with Gasteiger partial charge < -0.3 is 5.11 Å². The largest absolute Gasteiger partial charge is 0.481 e. The molecular weight excluding hydrogens is 273 g/mol. The van der Waals surface area contributed by atoms with Gasteiger partial charge in [0.05, 0.1) is 16.0 Å². The van der Waals surface area contributed by atoms with E-state index < -0.39 is 5.97 Å². The molecule has 1 saturated heterocycles. The number of carboxylic acids is 1. The molecule has 5 heteroatoms. The van der Waals surface area contributed by atoms with Gasteiger partial charge >= 0.3 is 5.97 Å². The molecule has 2 rings (SSSR count). The molecule has 0 amide bonds. The minimum atomic E-state index is -0.709.